The number of hydrogen-bond donors (Lipinski definition) is 1. The lowest BCUT2D eigenvalue weighted by molar-refractivity contribution is -0.136. The topological polar surface area (TPSA) is 75.4 Å². The van der Waals surface area contributed by atoms with Crippen molar-refractivity contribution in [2.24, 2.45) is 0 Å². The van der Waals surface area contributed by atoms with E-state index in [2.05, 4.69) is 10.3 Å². The standard InChI is InChI=1S/C22H20FN3O3/c23-14-7-8-15-16(11-20(27)24-18(15)10-14)22(28)26-9-3-4-13(12-26)21-25-17-5-1-2-6-19(17)29-21/h1-2,5-8,10,13,16H,3-4,9,11-12H2,(H,24,27). The molecule has 3 heterocycles. The van der Waals surface area contributed by atoms with Gasteiger partial charge in [-0.05, 0) is 42.7 Å². The molecule has 29 heavy (non-hydrogen) atoms. The maximum atomic E-state index is 13.6. The highest BCUT2D eigenvalue weighted by molar-refractivity contribution is 6.01. The smallest absolute Gasteiger partial charge is 0.230 e. The minimum absolute atomic E-state index is 0.0187. The van der Waals surface area contributed by atoms with Crippen molar-refractivity contribution >= 4 is 28.6 Å². The Balaban J connectivity index is 1.39. The zero-order valence-corrected chi connectivity index (χ0v) is 15.7. The van der Waals surface area contributed by atoms with Gasteiger partial charge < -0.3 is 14.6 Å². The molecule has 1 N–H and O–H groups in total. The van der Waals surface area contributed by atoms with Crippen molar-refractivity contribution in [3.05, 3.63) is 59.7 Å². The first kappa shape index (κ1) is 17.8. The van der Waals surface area contributed by atoms with Crippen molar-refractivity contribution in [3.63, 3.8) is 0 Å². The second kappa shape index (κ2) is 6.99. The number of carbonyl (C=O) groups excluding carboxylic acids is 2. The second-order valence-electron chi connectivity index (χ2n) is 7.68. The number of anilines is 1. The van der Waals surface area contributed by atoms with E-state index in [1.807, 2.05) is 24.3 Å². The number of piperidine rings is 1. The molecule has 2 aromatic carbocycles. The third-order valence-electron chi connectivity index (χ3n) is 5.75. The molecule has 0 aliphatic carbocycles. The van der Waals surface area contributed by atoms with Crippen LogP contribution in [-0.4, -0.2) is 34.8 Å². The van der Waals surface area contributed by atoms with Crippen molar-refractivity contribution < 1.29 is 18.4 Å². The summed E-state index contributed by atoms with van der Waals surface area (Å²) >= 11 is 0. The number of rotatable bonds is 2. The van der Waals surface area contributed by atoms with E-state index in [9.17, 15) is 14.0 Å². The largest absolute Gasteiger partial charge is 0.440 e. The number of amides is 2. The summed E-state index contributed by atoms with van der Waals surface area (Å²) in [5.41, 5.74) is 2.60. The van der Waals surface area contributed by atoms with Gasteiger partial charge in [0.25, 0.3) is 0 Å². The van der Waals surface area contributed by atoms with Gasteiger partial charge in [0.05, 0.1) is 11.8 Å². The fourth-order valence-electron chi connectivity index (χ4n) is 4.32. The number of likely N-dealkylation sites (tertiary alicyclic amines) is 1. The van der Waals surface area contributed by atoms with Crippen molar-refractivity contribution in [3.8, 4) is 0 Å². The molecule has 0 spiro atoms. The molecule has 0 saturated carbocycles. The van der Waals surface area contributed by atoms with Crippen LogP contribution in [0.2, 0.25) is 0 Å². The highest BCUT2D eigenvalue weighted by Crippen LogP contribution is 2.36. The number of fused-ring (bicyclic) bond motifs is 2. The highest BCUT2D eigenvalue weighted by Gasteiger charge is 2.36. The summed E-state index contributed by atoms with van der Waals surface area (Å²) in [6.45, 7) is 1.13. The number of nitrogens with zero attached hydrogens (tertiary/aromatic N) is 2. The molecule has 3 aromatic rings. The van der Waals surface area contributed by atoms with E-state index >= 15 is 0 Å². The first-order chi connectivity index (χ1) is 14.1. The van der Waals surface area contributed by atoms with Crippen molar-refractivity contribution in [1.82, 2.24) is 9.88 Å². The molecule has 1 saturated heterocycles. The Hall–Kier alpha value is -3.22. The lowest BCUT2D eigenvalue weighted by Crippen LogP contribution is -2.43. The zero-order valence-electron chi connectivity index (χ0n) is 15.7. The molecule has 1 fully saturated rings. The lowest BCUT2D eigenvalue weighted by Gasteiger charge is -2.35. The first-order valence-corrected chi connectivity index (χ1v) is 9.82. The predicted molar refractivity (Wildman–Crippen MR) is 105 cm³/mol. The Kier molecular flexibility index (Phi) is 4.30. The molecule has 2 unspecified atom stereocenters. The lowest BCUT2D eigenvalue weighted by atomic mass is 9.88. The van der Waals surface area contributed by atoms with Gasteiger partial charge in [0.1, 0.15) is 11.3 Å². The molecule has 0 radical (unpaired) electrons. The van der Waals surface area contributed by atoms with Crippen LogP contribution in [0.4, 0.5) is 10.1 Å². The van der Waals surface area contributed by atoms with E-state index < -0.39 is 11.7 Å². The number of benzene rings is 2. The van der Waals surface area contributed by atoms with E-state index in [1.54, 1.807) is 11.0 Å². The van der Waals surface area contributed by atoms with Crippen molar-refractivity contribution in [2.75, 3.05) is 18.4 Å². The zero-order chi connectivity index (χ0) is 20.0. The maximum Gasteiger partial charge on any atom is 0.230 e. The Morgan fingerprint density at radius 3 is 2.97 bits per heavy atom. The van der Waals surface area contributed by atoms with Crippen LogP contribution in [0.5, 0.6) is 0 Å². The van der Waals surface area contributed by atoms with E-state index in [1.165, 1.54) is 12.1 Å². The molecule has 7 heteroatoms. The molecule has 2 amide bonds. The van der Waals surface area contributed by atoms with Gasteiger partial charge >= 0.3 is 0 Å². The maximum absolute atomic E-state index is 13.6. The SMILES string of the molecule is O=C1CC(C(=O)N2CCCC(c3nc4ccccc4o3)C2)c2ccc(F)cc2N1. The third kappa shape index (κ3) is 3.26. The van der Waals surface area contributed by atoms with Crippen molar-refractivity contribution in [2.45, 2.75) is 31.1 Å². The number of halogens is 1. The van der Waals surface area contributed by atoms with Crippen LogP contribution in [0.1, 0.15) is 42.6 Å². The number of hydrogen-bond acceptors (Lipinski definition) is 4. The molecular weight excluding hydrogens is 373 g/mol. The van der Waals surface area contributed by atoms with E-state index in [0.29, 0.717) is 30.2 Å². The molecule has 6 nitrogen and oxygen atoms in total. The van der Waals surface area contributed by atoms with Crippen LogP contribution in [-0.2, 0) is 9.59 Å². The minimum Gasteiger partial charge on any atom is -0.440 e. The van der Waals surface area contributed by atoms with Crippen LogP contribution in [0, 0.1) is 5.82 Å². The third-order valence-corrected chi connectivity index (χ3v) is 5.75. The van der Waals surface area contributed by atoms with Gasteiger partial charge in [0.2, 0.25) is 11.8 Å². The number of carbonyl (C=O) groups is 2. The summed E-state index contributed by atoms with van der Waals surface area (Å²) in [4.78, 5) is 31.8. The number of oxazole rings is 1. The molecule has 148 valence electrons. The van der Waals surface area contributed by atoms with Crippen molar-refractivity contribution in [1.29, 1.82) is 0 Å². The quantitative estimate of drug-likeness (QED) is 0.719. The second-order valence-corrected chi connectivity index (χ2v) is 7.68. The Morgan fingerprint density at radius 2 is 2.10 bits per heavy atom. The Labute approximate surface area is 166 Å². The summed E-state index contributed by atoms with van der Waals surface area (Å²) in [6, 6.07) is 11.8. The molecule has 2 aliphatic heterocycles. The van der Waals surface area contributed by atoms with Gasteiger partial charge in [-0.15, -0.1) is 0 Å². The fraction of sp³-hybridized carbons (Fsp3) is 0.318. The normalized spacial score (nSPS) is 21.7. The van der Waals surface area contributed by atoms with Gasteiger partial charge in [-0.3, -0.25) is 9.59 Å². The predicted octanol–water partition coefficient (Wildman–Crippen LogP) is 3.80. The van der Waals surface area contributed by atoms with Crippen LogP contribution >= 0.6 is 0 Å². The molecule has 5 rings (SSSR count). The van der Waals surface area contributed by atoms with Gasteiger partial charge in [-0.1, -0.05) is 18.2 Å². The highest BCUT2D eigenvalue weighted by atomic mass is 19.1. The van der Waals surface area contributed by atoms with E-state index in [-0.39, 0.29) is 24.2 Å². The van der Waals surface area contributed by atoms with E-state index in [4.69, 9.17) is 4.42 Å². The summed E-state index contributed by atoms with van der Waals surface area (Å²) in [7, 11) is 0. The fourth-order valence-corrected chi connectivity index (χ4v) is 4.32. The van der Waals surface area contributed by atoms with Crippen LogP contribution in [0.15, 0.2) is 46.9 Å². The molecule has 2 aliphatic rings. The number of aromatic nitrogens is 1. The summed E-state index contributed by atoms with van der Waals surface area (Å²) in [5.74, 6) is -0.742. The van der Waals surface area contributed by atoms with Gasteiger partial charge in [0.15, 0.2) is 11.5 Å². The molecule has 2 atom stereocenters. The molecular formula is C22H20FN3O3. The molecule has 0 bridgehead atoms. The monoisotopic (exact) mass is 393 g/mol. The van der Waals surface area contributed by atoms with Gasteiger partial charge in [-0.2, -0.15) is 0 Å². The van der Waals surface area contributed by atoms with Crippen LogP contribution in [0.3, 0.4) is 0 Å². The van der Waals surface area contributed by atoms with Crippen LogP contribution < -0.4 is 5.32 Å². The number of nitrogens with one attached hydrogen (secondary N) is 1. The van der Waals surface area contributed by atoms with Gasteiger partial charge in [-0.25, -0.2) is 9.37 Å². The molecule has 1 aromatic heterocycles. The summed E-state index contributed by atoms with van der Waals surface area (Å²) < 4.78 is 19.5. The Bertz CT molecular complexity index is 1080. The minimum atomic E-state index is -0.596. The number of para-hydroxylation sites is 2. The average Bonchev–Trinajstić information content (AvgIpc) is 3.17. The first-order valence-electron chi connectivity index (χ1n) is 9.82. The average molecular weight is 393 g/mol. The van der Waals surface area contributed by atoms with E-state index in [0.717, 1.165) is 23.9 Å². The van der Waals surface area contributed by atoms with Gasteiger partial charge in [0, 0.05) is 25.2 Å². The summed E-state index contributed by atoms with van der Waals surface area (Å²) in [5, 5.41) is 2.66. The Morgan fingerprint density at radius 1 is 1.24 bits per heavy atom. The summed E-state index contributed by atoms with van der Waals surface area (Å²) in [6.07, 6.45) is 1.80. The van der Waals surface area contributed by atoms with Crippen LogP contribution in [0.25, 0.3) is 11.1 Å².